The van der Waals surface area contributed by atoms with E-state index in [9.17, 15) is 8.78 Å². The Kier molecular flexibility index (Phi) is 4.83. The summed E-state index contributed by atoms with van der Waals surface area (Å²) in [6, 6.07) is 17.9. The van der Waals surface area contributed by atoms with Crippen molar-refractivity contribution in [3.8, 4) is 0 Å². The zero-order valence-corrected chi connectivity index (χ0v) is 12.6. The number of rotatable bonds is 6. The van der Waals surface area contributed by atoms with Gasteiger partial charge >= 0.3 is 0 Å². The number of halogens is 2. The number of nitrogens with zero attached hydrogens (tertiary/aromatic N) is 1. The summed E-state index contributed by atoms with van der Waals surface area (Å²) < 4.78 is 32.8. The third-order valence-corrected chi connectivity index (χ3v) is 3.63. The number of hydrogen-bond donors (Lipinski definition) is 0. The normalized spacial score (nSPS) is 11.1. The lowest BCUT2D eigenvalue weighted by Gasteiger charge is -2.22. The van der Waals surface area contributed by atoms with Crippen molar-refractivity contribution in [2.75, 3.05) is 0 Å². The molecule has 4 heteroatoms. The summed E-state index contributed by atoms with van der Waals surface area (Å²) in [6.45, 7) is 1.45. The minimum Gasteiger partial charge on any atom is -0.468 e. The fourth-order valence-electron chi connectivity index (χ4n) is 2.54. The van der Waals surface area contributed by atoms with E-state index in [2.05, 4.69) is 0 Å². The molecule has 0 atom stereocenters. The molecule has 1 aromatic heterocycles. The Bertz CT molecular complexity index is 741. The molecule has 2 aromatic carbocycles. The highest BCUT2D eigenvalue weighted by Gasteiger charge is 2.14. The maximum Gasteiger partial charge on any atom is 0.163 e. The van der Waals surface area contributed by atoms with Crippen molar-refractivity contribution in [3.05, 3.63) is 95.4 Å². The molecule has 0 spiro atoms. The van der Waals surface area contributed by atoms with Crippen LogP contribution in [0.5, 0.6) is 0 Å². The quantitative estimate of drug-likeness (QED) is 0.652. The van der Waals surface area contributed by atoms with Crippen molar-refractivity contribution in [1.29, 1.82) is 0 Å². The lowest BCUT2D eigenvalue weighted by Crippen LogP contribution is -2.23. The maximum absolute atomic E-state index is 14.0. The number of hydrogen-bond acceptors (Lipinski definition) is 2. The van der Waals surface area contributed by atoms with Crippen LogP contribution in [0.1, 0.15) is 16.9 Å². The zero-order chi connectivity index (χ0) is 16.1. The van der Waals surface area contributed by atoms with E-state index in [-0.39, 0.29) is 0 Å². The molecule has 0 amide bonds. The van der Waals surface area contributed by atoms with E-state index in [1.54, 1.807) is 12.3 Å². The second-order valence-electron chi connectivity index (χ2n) is 5.42. The van der Waals surface area contributed by atoms with Gasteiger partial charge in [0.25, 0.3) is 0 Å². The molecule has 0 aliphatic carbocycles. The van der Waals surface area contributed by atoms with Gasteiger partial charge in [0.1, 0.15) is 5.76 Å². The minimum atomic E-state index is -0.819. The van der Waals surface area contributed by atoms with Crippen LogP contribution < -0.4 is 0 Å². The Morgan fingerprint density at radius 1 is 0.783 bits per heavy atom. The van der Waals surface area contributed by atoms with Gasteiger partial charge in [-0.1, -0.05) is 42.5 Å². The Labute approximate surface area is 134 Å². The first-order valence-corrected chi connectivity index (χ1v) is 7.44. The van der Waals surface area contributed by atoms with Crippen molar-refractivity contribution in [1.82, 2.24) is 4.90 Å². The molecule has 23 heavy (non-hydrogen) atoms. The summed E-state index contributed by atoms with van der Waals surface area (Å²) >= 11 is 0. The standard InChI is InChI=1S/C19H17F2NO/c20-18-10-4-8-16(19(18)21)13-22(14-17-9-5-11-23-17)12-15-6-2-1-3-7-15/h1-11H,12-14H2. The van der Waals surface area contributed by atoms with Gasteiger partial charge in [0.15, 0.2) is 11.6 Å². The number of benzene rings is 2. The highest BCUT2D eigenvalue weighted by atomic mass is 19.2. The van der Waals surface area contributed by atoms with E-state index in [1.807, 2.05) is 47.4 Å². The molecule has 2 nitrogen and oxygen atoms in total. The Morgan fingerprint density at radius 3 is 2.35 bits per heavy atom. The summed E-state index contributed by atoms with van der Waals surface area (Å²) in [4.78, 5) is 2.02. The molecule has 0 aliphatic rings. The van der Waals surface area contributed by atoms with Gasteiger partial charge in [-0.05, 0) is 23.8 Å². The Balaban J connectivity index is 1.81. The molecular formula is C19H17F2NO. The van der Waals surface area contributed by atoms with Crippen molar-refractivity contribution >= 4 is 0 Å². The Hall–Kier alpha value is -2.46. The largest absolute Gasteiger partial charge is 0.468 e. The Morgan fingerprint density at radius 2 is 1.61 bits per heavy atom. The van der Waals surface area contributed by atoms with Gasteiger partial charge in [0.2, 0.25) is 0 Å². The summed E-state index contributed by atoms with van der Waals surface area (Å²) in [5.41, 5.74) is 1.45. The molecule has 0 fully saturated rings. The minimum absolute atomic E-state index is 0.305. The predicted molar refractivity (Wildman–Crippen MR) is 84.5 cm³/mol. The van der Waals surface area contributed by atoms with Gasteiger partial charge in [0, 0.05) is 18.7 Å². The summed E-state index contributed by atoms with van der Waals surface area (Å²) in [5, 5.41) is 0. The van der Waals surface area contributed by atoms with Crippen LogP contribution in [-0.4, -0.2) is 4.90 Å². The average Bonchev–Trinajstić information content (AvgIpc) is 3.06. The van der Waals surface area contributed by atoms with Gasteiger partial charge in [-0.25, -0.2) is 8.78 Å². The third-order valence-electron chi connectivity index (χ3n) is 3.63. The maximum atomic E-state index is 14.0. The van der Waals surface area contributed by atoms with Crippen LogP contribution in [0.2, 0.25) is 0 Å². The molecule has 0 saturated carbocycles. The van der Waals surface area contributed by atoms with Crippen LogP contribution in [0.15, 0.2) is 71.3 Å². The fourth-order valence-corrected chi connectivity index (χ4v) is 2.54. The average molecular weight is 313 g/mol. The van der Waals surface area contributed by atoms with Crippen LogP contribution in [0.4, 0.5) is 8.78 Å². The zero-order valence-electron chi connectivity index (χ0n) is 12.6. The topological polar surface area (TPSA) is 16.4 Å². The third kappa shape index (κ3) is 4.05. The molecular weight excluding hydrogens is 296 g/mol. The second kappa shape index (κ2) is 7.20. The van der Waals surface area contributed by atoms with Crippen LogP contribution >= 0.6 is 0 Å². The molecule has 0 N–H and O–H groups in total. The number of furan rings is 1. The van der Waals surface area contributed by atoms with E-state index in [1.165, 1.54) is 6.07 Å². The van der Waals surface area contributed by atoms with Crippen molar-refractivity contribution < 1.29 is 13.2 Å². The lowest BCUT2D eigenvalue weighted by atomic mass is 10.1. The highest BCUT2D eigenvalue weighted by molar-refractivity contribution is 5.20. The fraction of sp³-hybridized carbons (Fsp3) is 0.158. The molecule has 3 aromatic rings. The van der Waals surface area contributed by atoms with E-state index in [4.69, 9.17) is 4.42 Å². The second-order valence-corrected chi connectivity index (χ2v) is 5.42. The molecule has 1 heterocycles. The van der Waals surface area contributed by atoms with E-state index >= 15 is 0 Å². The first kappa shape index (κ1) is 15.4. The smallest absolute Gasteiger partial charge is 0.163 e. The van der Waals surface area contributed by atoms with Gasteiger partial charge < -0.3 is 4.42 Å². The summed E-state index contributed by atoms with van der Waals surface area (Å²) in [5.74, 6) is -0.817. The van der Waals surface area contributed by atoms with Gasteiger partial charge in [-0.3, -0.25) is 4.90 Å². The molecule has 3 rings (SSSR count). The summed E-state index contributed by atoms with van der Waals surface area (Å²) in [7, 11) is 0. The van der Waals surface area contributed by atoms with Crippen molar-refractivity contribution in [2.45, 2.75) is 19.6 Å². The van der Waals surface area contributed by atoms with Crippen molar-refractivity contribution in [3.63, 3.8) is 0 Å². The summed E-state index contributed by atoms with van der Waals surface area (Å²) in [6.07, 6.45) is 1.61. The molecule has 0 unspecified atom stereocenters. The van der Waals surface area contributed by atoms with Gasteiger partial charge in [0.05, 0.1) is 12.8 Å². The van der Waals surface area contributed by atoms with Crippen LogP contribution in [-0.2, 0) is 19.6 Å². The molecule has 0 aliphatic heterocycles. The molecule has 0 bridgehead atoms. The first-order valence-electron chi connectivity index (χ1n) is 7.44. The molecule has 0 radical (unpaired) electrons. The van der Waals surface area contributed by atoms with Gasteiger partial charge in [-0.15, -0.1) is 0 Å². The van der Waals surface area contributed by atoms with E-state index in [0.717, 1.165) is 17.4 Å². The van der Waals surface area contributed by atoms with E-state index < -0.39 is 11.6 Å². The monoisotopic (exact) mass is 313 g/mol. The van der Waals surface area contributed by atoms with Gasteiger partial charge in [-0.2, -0.15) is 0 Å². The highest BCUT2D eigenvalue weighted by Crippen LogP contribution is 2.18. The molecule has 118 valence electrons. The molecule has 0 saturated heterocycles. The van der Waals surface area contributed by atoms with Crippen LogP contribution in [0.3, 0.4) is 0 Å². The van der Waals surface area contributed by atoms with Crippen LogP contribution in [0, 0.1) is 11.6 Å². The first-order chi connectivity index (χ1) is 11.2. The SMILES string of the molecule is Fc1cccc(CN(Cc2ccccc2)Cc2ccco2)c1F. The van der Waals surface area contributed by atoms with E-state index in [0.29, 0.717) is 25.2 Å². The van der Waals surface area contributed by atoms with Crippen molar-refractivity contribution in [2.24, 2.45) is 0 Å². The lowest BCUT2D eigenvalue weighted by molar-refractivity contribution is 0.223. The van der Waals surface area contributed by atoms with Crippen LogP contribution in [0.25, 0.3) is 0 Å². The predicted octanol–water partition coefficient (Wildman–Crippen LogP) is 4.76.